The molecule has 21 heavy (non-hydrogen) atoms. The van der Waals surface area contributed by atoms with Gasteiger partial charge in [-0.25, -0.2) is 0 Å². The van der Waals surface area contributed by atoms with Gasteiger partial charge in [-0.2, -0.15) is 0 Å². The highest BCUT2D eigenvalue weighted by Gasteiger charge is 2.23. The molecule has 1 aliphatic rings. The average molecular weight is 350 g/mol. The first-order valence-electron chi connectivity index (χ1n) is 6.98. The molecular weight excluding hydrogens is 330 g/mol. The largest absolute Gasteiger partial charge is 0.504 e. The van der Waals surface area contributed by atoms with E-state index in [4.69, 9.17) is 0 Å². The molecule has 1 atom stereocenters. The fourth-order valence-corrected chi connectivity index (χ4v) is 3.01. The summed E-state index contributed by atoms with van der Waals surface area (Å²) in [4.78, 5) is 0. The van der Waals surface area contributed by atoms with Crippen LogP contribution >= 0.6 is 17.0 Å². The van der Waals surface area contributed by atoms with Gasteiger partial charge < -0.3 is 15.5 Å². The number of fused-ring (bicyclic) bond motifs is 1. The van der Waals surface area contributed by atoms with E-state index in [1.807, 2.05) is 12.1 Å². The lowest BCUT2D eigenvalue weighted by Crippen LogP contribution is -2.21. The first-order chi connectivity index (χ1) is 9.66. The maximum absolute atomic E-state index is 9.83. The van der Waals surface area contributed by atoms with Crippen molar-refractivity contribution in [2.45, 2.75) is 19.3 Å². The zero-order valence-electron chi connectivity index (χ0n) is 12.0. The second-order valence-electron chi connectivity index (χ2n) is 5.40. The molecular formula is C17H20BrNO2. The molecule has 1 aliphatic heterocycles. The molecule has 0 fully saturated rings. The molecule has 0 aliphatic carbocycles. The van der Waals surface area contributed by atoms with Crippen molar-refractivity contribution in [1.82, 2.24) is 5.32 Å². The number of halogens is 1. The van der Waals surface area contributed by atoms with Crippen molar-refractivity contribution >= 4 is 17.0 Å². The number of aromatic hydroxyl groups is 2. The van der Waals surface area contributed by atoms with Crippen LogP contribution in [0.15, 0.2) is 36.4 Å². The van der Waals surface area contributed by atoms with Gasteiger partial charge in [0.05, 0.1) is 0 Å². The standard InChI is InChI=1S/C17H19NO2.BrH/c1-11-4-2-3-5-13(11)15-10-18-7-6-12-8-16(19)17(20)9-14(12)15;/h2-5,8-9,15,18-20H,6-7,10H2,1H3;1H. The van der Waals surface area contributed by atoms with Crippen molar-refractivity contribution in [2.24, 2.45) is 0 Å². The molecule has 0 saturated heterocycles. The Morgan fingerprint density at radius 2 is 1.76 bits per heavy atom. The Morgan fingerprint density at radius 3 is 2.52 bits per heavy atom. The summed E-state index contributed by atoms with van der Waals surface area (Å²) in [7, 11) is 0. The van der Waals surface area contributed by atoms with Crippen LogP contribution in [0.25, 0.3) is 0 Å². The maximum atomic E-state index is 9.83. The first-order valence-corrected chi connectivity index (χ1v) is 6.98. The Kier molecular flexibility index (Phi) is 4.91. The van der Waals surface area contributed by atoms with E-state index in [1.165, 1.54) is 11.1 Å². The molecule has 0 aromatic heterocycles. The van der Waals surface area contributed by atoms with Crippen LogP contribution in [0.5, 0.6) is 11.5 Å². The fraction of sp³-hybridized carbons (Fsp3) is 0.294. The highest BCUT2D eigenvalue weighted by atomic mass is 79.9. The maximum Gasteiger partial charge on any atom is 0.157 e. The molecule has 4 heteroatoms. The monoisotopic (exact) mass is 349 g/mol. The molecule has 0 amide bonds. The third kappa shape index (κ3) is 3.06. The van der Waals surface area contributed by atoms with Crippen LogP contribution in [0.3, 0.4) is 0 Å². The van der Waals surface area contributed by atoms with Crippen molar-refractivity contribution in [3.05, 3.63) is 58.7 Å². The van der Waals surface area contributed by atoms with Gasteiger partial charge in [-0.05, 0) is 54.3 Å². The Labute approximate surface area is 135 Å². The Bertz CT molecular complexity index is 643. The molecule has 0 spiro atoms. The molecule has 0 bridgehead atoms. The number of hydrogen-bond donors (Lipinski definition) is 3. The van der Waals surface area contributed by atoms with E-state index in [0.717, 1.165) is 30.6 Å². The van der Waals surface area contributed by atoms with Gasteiger partial charge in [0.25, 0.3) is 0 Å². The quantitative estimate of drug-likeness (QED) is 0.692. The van der Waals surface area contributed by atoms with E-state index < -0.39 is 0 Å². The summed E-state index contributed by atoms with van der Waals surface area (Å²) < 4.78 is 0. The number of phenols is 2. The van der Waals surface area contributed by atoms with Gasteiger partial charge in [0.15, 0.2) is 11.5 Å². The molecule has 0 radical (unpaired) electrons. The zero-order chi connectivity index (χ0) is 14.1. The second-order valence-corrected chi connectivity index (χ2v) is 5.40. The highest BCUT2D eigenvalue weighted by Crippen LogP contribution is 2.37. The number of hydrogen-bond acceptors (Lipinski definition) is 3. The lowest BCUT2D eigenvalue weighted by Gasteiger charge is -2.20. The summed E-state index contributed by atoms with van der Waals surface area (Å²) in [6.07, 6.45) is 0.867. The smallest absolute Gasteiger partial charge is 0.157 e. The van der Waals surface area contributed by atoms with Crippen molar-refractivity contribution in [1.29, 1.82) is 0 Å². The van der Waals surface area contributed by atoms with E-state index >= 15 is 0 Å². The molecule has 0 saturated carbocycles. The average Bonchev–Trinajstić information content (AvgIpc) is 2.63. The van der Waals surface area contributed by atoms with Crippen molar-refractivity contribution in [3.63, 3.8) is 0 Å². The predicted molar refractivity (Wildman–Crippen MR) is 89.7 cm³/mol. The molecule has 2 aromatic carbocycles. The predicted octanol–water partition coefficient (Wildman–Crippen LogP) is 3.26. The summed E-state index contributed by atoms with van der Waals surface area (Å²) in [6.45, 7) is 3.85. The van der Waals surface area contributed by atoms with Gasteiger partial charge in [0.2, 0.25) is 0 Å². The molecule has 1 unspecified atom stereocenters. The minimum Gasteiger partial charge on any atom is -0.504 e. The summed E-state index contributed by atoms with van der Waals surface area (Å²) in [5.41, 5.74) is 4.74. The van der Waals surface area contributed by atoms with Gasteiger partial charge in [-0.1, -0.05) is 24.3 Å². The minimum atomic E-state index is -0.0377. The Hall–Kier alpha value is -1.52. The minimum absolute atomic E-state index is 0. The SMILES string of the molecule is Br.Cc1ccccc1C1CNCCc2cc(O)c(O)cc21. The topological polar surface area (TPSA) is 52.5 Å². The molecule has 1 heterocycles. The lowest BCUT2D eigenvalue weighted by atomic mass is 9.85. The Morgan fingerprint density at radius 1 is 1.05 bits per heavy atom. The molecule has 3 N–H and O–H groups in total. The number of phenolic OH excluding ortho intramolecular Hbond substituents is 2. The number of rotatable bonds is 1. The molecule has 112 valence electrons. The van der Waals surface area contributed by atoms with E-state index in [-0.39, 0.29) is 34.4 Å². The van der Waals surface area contributed by atoms with E-state index in [2.05, 4.69) is 24.4 Å². The van der Waals surface area contributed by atoms with Crippen LogP contribution in [-0.2, 0) is 6.42 Å². The van der Waals surface area contributed by atoms with Crippen LogP contribution in [-0.4, -0.2) is 23.3 Å². The number of benzene rings is 2. The highest BCUT2D eigenvalue weighted by molar-refractivity contribution is 8.93. The lowest BCUT2D eigenvalue weighted by molar-refractivity contribution is 0.402. The van der Waals surface area contributed by atoms with Gasteiger partial charge >= 0.3 is 0 Å². The van der Waals surface area contributed by atoms with Gasteiger partial charge in [0, 0.05) is 12.5 Å². The van der Waals surface area contributed by atoms with Gasteiger partial charge in [-0.3, -0.25) is 0 Å². The van der Waals surface area contributed by atoms with Crippen molar-refractivity contribution in [3.8, 4) is 11.5 Å². The van der Waals surface area contributed by atoms with Crippen molar-refractivity contribution < 1.29 is 10.2 Å². The van der Waals surface area contributed by atoms with E-state index in [0.29, 0.717) is 0 Å². The third-order valence-corrected chi connectivity index (χ3v) is 4.10. The summed E-state index contributed by atoms with van der Waals surface area (Å²) in [6, 6.07) is 11.8. The zero-order valence-corrected chi connectivity index (χ0v) is 13.7. The molecule has 2 aromatic rings. The molecule has 3 nitrogen and oxygen atoms in total. The molecule has 3 rings (SSSR count). The normalized spacial score (nSPS) is 17.5. The van der Waals surface area contributed by atoms with Crippen LogP contribution in [0.4, 0.5) is 0 Å². The van der Waals surface area contributed by atoms with Crippen LogP contribution < -0.4 is 5.32 Å². The number of aryl methyl sites for hydroxylation is 1. The van der Waals surface area contributed by atoms with Crippen LogP contribution in [0, 0.1) is 6.92 Å². The van der Waals surface area contributed by atoms with Gasteiger partial charge in [0.1, 0.15) is 0 Å². The summed E-state index contributed by atoms with van der Waals surface area (Å²) in [5.74, 6) is 0.138. The fourth-order valence-electron chi connectivity index (χ4n) is 3.01. The summed E-state index contributed by atoms with van der Waals surface area (Å²) in [5, 5.41) is 23.0. The van der Waals surface area contributed by atoms with Crippen LogP contribution in [0.1, 0.15) is 28.2 Å². The Balaban J connectivity index is 0.00000161. The van der Waals surface area contributed by atoms with Gasteiger partial charge in [-0.15, -0.1) is 17.0 Å². The summed E-state index contributed by atoms with van der Waals surface area (Å²) >= 11 is 0. The van der Waals surface area contributed by atoms with Crippen LogP contribution in [0.2, 0.25) is 0 Å². The third-order valence-electron chi connectivity index (χ3n) is 4.10. The van der Waals surface area contributed by atoms with E-state index in [9.17, 15) is 10.2 Å². The van der Waals surface area contributed by atoms with E-state index in [1.54, 1.807) is 12.1 Å². The number of nitrogens with one attached hydrogen (secondary N) is 1. The van der Waals surface area contributed by atoms with Crippen molar-refractivity contribution in [2.75, 3.05) is 13.1 Å². The first kappa shape index (κ1) is 15.9. The second kappa shape index (κ2) is 6.50.